The molecule has 0 fully saturated rings. The van der Waals surface area contributed by atoms with E-state index in [0.29, 0.717) is 0 Å². The molecule has 0 saturated carbocycles. The standard InChI is InChI=1S/C12H27N/c1-5-6-7-8-9-12(13-4)10-11(2)3/h11-13H,5-10H2,1-4H3. The van der Waals surface area contributed by atoms with Gasteiger partial charge in [-0.1, -0.05) is 46.5 Å². The van der Waals surface area contributed by atoms with E-state index in [9.17, 15) is 0 Å². The fourth-order valence-corrected chi connectivity index (χ4v) is 1.77. The summed E-state index contributed by atoms with van der Waals surface area (Å²) in [7, 11) is 2.09. The molecule has 0 saturated heterocycles. The second kappa shape index (κ2) is 8.55. The van der Waals surface area contributed by atoms with E-state index < -0.39 is 0 Å². The van der Waals surface area contributed by atoms with E-state index in [-0.39, 0.29) is 0 Å². The Balaban J connectivity index is 3.36. The van der Waals surface area contributed by atoms with Gasteiger partial charge in [-0.3, -0.25) is 0 Å². The predicted molar refractivity (Wildman–Crippen MR) is 61.1 cm³/mol. The van der Waals surface area contributed by atoms with E-state index in [2.05, 4.69) is 33.1 Å². The molecule has 0 aromatic rings. The number of hydrogen-bond acceptors (Lipinski definition) is 1. The summed E-state index contributed by atoms with van der Waals surface area (Å²) in [6, 6.07) is 0.747. The minimum absolute atomic E-state index is 0.747. The topological polar surface area (TPSA) is 12.0 Å². The lowest BCUT2D eigenvalue weighted by Crippen LogP contribution is -2.26. The van der Waals surface area contributed by atoms with Gasteiger partial charge in [0.25, 0.3) is 0 Å². The van der Waals surface area contributed by atoms with E-state index in [0.717, 1.165) is 12.0 Å². The van der Waals surface area contributed by atoms with Crippen molar-refractivity contribution in [1.82, 2.24) is 5.32 Å². The molecule has 0 bridgehead atoms. The fourth-order valence-electron chi connectivity index (χ4n) is 1.77. The van der Waals surface area contributed by atoms with Gasteiger partial charge in [-0.25, -0.2) is 0 Å². The highest BCUT2D eigenvalue weighted by molar-refractivity contribution is 4.66. The Labute approximate surface area is 84.3 Å². The summed E-state index contributed by atoms with van der Waals surface area (Å²) in [5.74, 6) is 0.823. The third kappa shape index (κ3) is 8.29. The third-order valence-corrected chi connectivity index (χ3v) is 2.57. The zero-order chi connectivity index (χ0) is 10.1. The Morgan fingerprint density at radius 1 is 1.08 bits per heavy atom. The van der Waals surface area contributed by atoms with Gasteiger partial charge in [-0.05, 0) is 25.8 Å². The van der Waals surface area contributed by atoms with Crippen LogP contribution in [-0.2, 0) is 0 Å². The van der Waals surface area contributed by atoms with Crippen LogP contribution in [0.3, 0.4) is 0 Å². The second-order valence-electron chi connectivity index (χ2n) is 4.46. The van der Waals surface area contributed by atoms with Crippen LogP contribution < -0.4 is 5.32 Å². The van der Waals surface area contributed by atoms with Crippen molar-refractivity contribution < 1.29 is 0 Å². The molecule has 0 radical (unpaired) electrons. The average Bonchev–Trinajstić information content (AvgIpc) is 2.09. The van der Waals surface area contributed by atoms with Crippen molar-refractivity contribution in [2.45, 2.75) is 65.3 Å². The van der Waals surface area contributed by atoms with Crippen LogP contribution in [0.15, 0.2) is 0 Å². The molecule has 0 spiro atoms. The van der Waals surface area contributed by atoms with Gasteiger partial charge in [0.15, 0.2) is 0 Å². The van der Waals surface area contributed by atoms with Gasteiger partial charge in [-0.2, -0.15) is 0 Å². The summed E-state index contributed by atoms with van der Waals surface area (Å²) in [5.41, 5.74) is 0. The highest BCUT2D eigenvalue weighted by Crippen LogP contribution is 2.12. The van der Waals surface area contributed by atoms with Crippen molar-refractivity contribution in [3.63, 3.8) is 0 Å². The molecule has 0 heterocycles. The zero-order valence-electron chi connectivity index (χ0n) is 9.90. The summed E-state index contributed by atoms with van der Waals surface area (Å²) >= 11 is 0. The van der Waals surface area contributed by atoms with Gasteiger partial charge >= 0.3 is 0 Å². The molecule has 1 unspecified atom stereocenters. The largest absolute Gasteiger partial charge is 0.317 e. The predicted octanol–water partition coefficient (Wildman–Crippen LogP) is 3.59. The van der Waals surface area contributed by atoms with E-state index in [1.807, 2.05) is 0 Å². The van der Waals surface area contributed by atoms with Crippen LogP contribution >= 0.6 is 0 Å². The minimum atomic E-state index is 0.747. The lowest BCUT2D eigenvalue weighted by molar-refractivity contribution is 0.406. The molecular weight excluding hydrogens is 158 g/mol. The molecule has 0 aliphatic carbocycles. The fraction of sp³-hybridized carbons (Fsp3) is 1.00. The molecule has 0 aromatic carbocycles. The zero-order valence-corrected chi connectivity index (χ0v) is 9.90. The first kappa shape index (κ1) is 13.0. The van der Waals surface area contributed by atoms with Crippen LogP contribution in [-0.4, -0.2) is 13.1 Å². The first-order valence-electron chi connectivity index (χ1n) is 5.88. The Hall–Kier alpha value is -0.0400. The molecular formula is C12H27N. The normalized spacial score (nSPS) is 13.6. The van der Waals surface area contributed by atoms with Crippen molar-refractivity contribution in [3.05, 3.63) is 0 Å². The second-order valence-corrected chi connectivity index (χ2v) is 4.46. The van der Waals surface area contributed by atoms with Gasteiger partial charge in [0.05, 0.1) is 0 Å². The number of unbranched alkanes of at least 4 members (excludes halogenated alkanes) is 3. The van der Waals surface area contributed by atoms with Gasteiger partial charge in [-0.15, -0.1) is 0 Å². The number of rotatable bonds is 8. The molecule has 13 heavy (non-hydrogen) atoms. The van der Waals surface area contributed by atoms with Gasteiger partial charge in [0.2, 0.25) is 0 Å². The maximum absolute atomic E-state index is 3.41. The van der Waals surface area contributed by atoms with Crippen molar-refractivity contribution in [3.8, 4) is 0 Å². The molecule has 0 rings (SSSR count). The summed E-state index contributed by atoms with van der Waals surface area (Å²) in [5, 5.41) is 3.41. The highest BCUT2D eigenvalue weighted by atomic mass is 14.9. The van der Waals surface area contributed by atoms with E-state index in [4.69, 9.17) is 0 Å². The van der Waals surface area contributed by atoms with E-state index in [1.54, 1.807) is 0 Å². The van der Waals surface area contributed by atoms with Crippen LogP contribution in [0.25, 0.3) is 0 Å². The minimum Gasteiger partial charge on any atom is -0.317 e. The van der Waals surface area contributed by atoms with Gasteiger partial charge in [0, 0.05) is 6.04 Å². The Bertz CT molecular complexity index is 99.3. The quantitative estimate of drug-likeness (QED) is 0.570. The van der Waals surface area contributed by atoms with Crippen molar-refractivity contribution in [2.75, 3.05) is 7.05 Å². The lowest BCUT2D eigenvalue weighted by atomic mass is 9.98. The van der Waals surface area contributed by atoms with Crippen molar-refractivity contribution >= 4 is 0 Å². The summed E-state index contributed by atoms with van der Waals surface area (Å²) in [6.07, 6.45) is 8.22. The molecule has 0 amide bonds. The van der Waals surface area contributed by atoms with Crippen LogP contribution in [0, 0.1) is 5.92 Å². The summed E-state index contributed by atoms with van der Waals surface area (Å²) in [4.78, 5) is 0. The third-order valence-electron chi connectivity index (χ3n) is 2.57. The SMILES string of the molecule is CCCCCCC(CC(C)C)NC. The average molecular weight is 185 g/mol. The molecule has 0 aliphatic rings. The Morgan fingerprint density at radius 3 is 2.23 bits per heavy atom. The Kier molecular flexibility index (Phi) is 8.53. The number of hydrogen-bond donors (Lipinski definition) is 1. The molecule has 1 nitrogen and oxygen atoms in total. The molecule has 1 atom stereocenters. The Morgan fingerprint density at radius 2 is 1.77 bits per heavy atom. The van der Waals surface area contributed by atoms with Crippen molar-refractivity contribution in [1.29, 1.82) is 0 Å². The molecule has 0 aromatic heterocycles. The van der Waals surface area contributed by atoms with Crippen LogP contribution in [0.5, 0.6) is 0 Å². The summed E-state index contributed by atoms with van der Waals surface area (Å²) < 4.78 is 0. The molecule has 1 heteroatoms. The van der Waals surface area contributed by atoms with Gasteiger partial charge < -0.3 is 5.32 Å². The molecule has 1 N–H and O–H groups in total. The van der Waals surface area contributed by atoms with Gasteiger partial charge in [0.1, 0.15) is 0 Å². The van der Waals surface area contributed by atoms with Crippen LogP contribution in [0.4, 0.5) is 0 Å². The summed E-state index contributed by atoms with van der Waals surface area (Å²) in [6.45, 7) is 6.87. The van der Waals surface area contributed by atoms with Crippen molar-refractivity contribution in [2.24, 2.45) is 5.92 Å². The lowest BCUT2D eigenvalue weighted by Gasteiger charge is -2.17. The van der Waals surface area contributed by atoms with E-state index >= 15 is 0 Å². The number of nitrogens with one attached hydrogen (secondary N) is 1. The van der Waals surface area contributed by atoms with E-state index in [1.165, 1.54) is 38.5 Å². The maximum atomic E-state index is 3.41. The van der Waals surface area contributed by atoms with Crippen LogP contribution in [0.1, 0.15) is 59.3 Å². The first-order valence-corrected chi connectivity index (χ1v) is 5.88. The smallest absolute Gasteiger partial charge is 0.00664 e. The maximum Gasteiger partial charge on any atom is 0.00664 e. The molecule has 0 aliphatic heterocycles. The molecule has 80 valence electrons. The monoisotopic (exact) mass is 185 g/mol. The first-order chi connectivity index (χ1) is 6.20. The highest BCUT2D eigenvalue weighted by Gasteiger charge is 2.07. The van der Waals surface area contributed by atoms with Crippen LogP contribution in [0.2, 0.25) is 0 Å².